The molecule has 0 bridgehead atoms. The second-order valence-electron chi connectivity index (χ2n) is 7.10. The first-order valence-electron chi connectivity index (χ1n) is 8.89. The van der Waals surface area contributed by atoms with E-state index in [9.17, 15) is 0 Å². The predicted molar refractivity (Wildman–Crippen MR) is 114 cm³/mol. The van der Waals surface area contributed by atoms with Gasteiger partial charge in [0.05, 0.1) is 0 Å². The molecule has 136 valence electrons. The number of anilines is 4. The van der Waals surface area contributed by atoms with Crippen molar-refractivity contribution in [2.45, 2.75) is 26.2 Å². The summed E-state index contributed by atoms with van der Waals surface area (Å²) in [4.78, 5) is 6.89. The zero-order valence-corrected chi connectivity index (χ0v) is 16.9. The van der Waals surface area contributed by atoms with E-state index < -0.39 is 0 Å². The van der Waals surface area contributed by atoms with Crippen LogP contribution in [0.25, 0.3) is 0 Å². The number of hydrogen-bond donors (Lipinski definition) is 0. The number of halogens is 1. The van der Waals surface area contributed by atoms with Gasteiger partial charge in [0.1, 0.15) is 0 Å². The molecule has 0 atom stereocenters. The van der Waals surface area contributed by atoms with E-state index in [1.54, 1.807) is 0 Å². The summed E-state index contributed by atoms with van der Waals surface area (Å²) in [6, 6.07) is 13.7. The van der Waals surface area contributed by atoms with Crippen LogP contribution in [0.15, 0.2) is 36.4 Å². The number of fused-ring (bicyclic) bond motifs is 2. The molecule has 4 heteroatoms. The minimum Gasteiger partial charge on any atom is -0.378 e. The number of rotatable bonds is 5. The van der Waals surface area contributed by atoms with E-state index in [0.717, 1.165) is 13.0 Å². The third kappa shape index (κ3) is 3.87. The van der Waals surface area contributed by atoms with E-state index >= 15 is 0 Å². The van der Waals surface area contributed by atoms with Gasteiger partial charge in [-0.15, -0.1) is 12.4 Å². The van der Waals surface area contributed by atoms with Crippen LogP contribution in [-0.2, 0) is 6.42 Å². The number of nitrogens with zero attached hydrogens (tertiary/aromatic N) is 3. The monoisotopic (exact) mass is 359 g/mol. The molecular weight excluding hydrogens is 330 g/mol. The highest BCUT2D eigenvalue weighted by Crippen LogP contribution is 2.41. The quantitative estimate of drug-likeness (QED) is 0.736. The summed E-state index contributed by atoms with van der Waals surface area (Å²) < 4.78 is 0. The van der Waals surface area contributed by atoms with Crippen LogP contribution in [0.5, 0.6) is 0 Å². The molecule has 0 saturated carbocycles. The lowest BCUT2D eigenvalue weighted by Gasteiger charge is -2.35. The molecule has 1 aliphatic heterocycles. The molecule has 1 heterocycles. The summed E-state index contributed by atoms with van der Waals surface area (Å²) >= 11 is 0. The van der Waals surface area contributed by atoms with Crippen molar-refractivity contribution in [2.75, 3.05) is 49.4 Å². The average Bonchev–Trinajstić information content (AvgIpc) is 2.57. The molecule has 0 fully saturated rings. The van der Waals surface area contributed by atoms with Gasteiger partial charge in [0.15, 0.2) is 0 Å². The van der Waals surface area contributed by atoms with Crippen LogP contribution in [0.2, 0.25) is 0 Å². The Morgan fingerprint density at radius 2 is 1.32 bits per heavy atom. The maximum atomic E-state index is 2.53. The van der Waals surface area contributed by atoms with Gasteiger partial charge in [-0.3, -0.25) is 0 Å². The SMILES string of the molecule is CCCCN1c2cc(N(C)C)ccc2Cc2ccc(N(C)C)cc21.Cl. The van der Waals surface area contributed by atoms with Crippen LogP contribution in [0, 0.1) is 0 Å². The van der Waals surface area contributed by atoms with Crippen molar-refractivity contribution >= 4 is 35.2 Å². The lowest BCUT2D eigenvalue weighted by Crippen LogP contribution is -2.25. The summed E-state index contributed by atoms with van der Waals surface area (Å²) in [6.07, 6.45) is 3.44. The third-order valence-corrected chi connectivity index (χ3v) is 4.87. The molecule has 25 heavy (non-hydrogen) atoms. The third-order valence-electron chi connectivity index (χ3n) is 4.87. The van der Waals surface area contributed by atoms with Gasteiger partial charge in [-0.1, -0.05) is 25.5 Å². The molecule has 3 rings (SSSR count). The summed E-state index contributed by atoms with van der Waals surface area (Å²) in [6.45, 7) is 3.34. The van der Waals surface area contributed by atoms with Crippen LogP contribution in [0.1, 0.15) is 30.9 Å². The Bertz CT molecular complexity index is 668. The van der Waals surface area contributed by atoms with E-state index in [1.807, 2.05) is 0 Å². The topological polar surface area (TPSA) is 9.72 Å². The van der Waals surface area contributed by atoms with Gasteiger partial charge in [-0.25, -0.2) is 0 Å². The minimum atomic E-state index is 0. The number of unbranched alkanes of at least 4 members (excludes halogenated alkanes) is 1. The van der Waals surface area contributed by atoms with Crippen molar-refractivity contribution in [2.24, 2.45) is 0 Å². The Labute approximate surface area is 158 Å². The molecule has 0 aliphatic carbocycles. The second kappa shape index (κ2) is 8.01. The van der Waals surface area contributed by atoms with E-state index in [4.69, 9.17) is 0 Å². The lowest BCUT2D eigenvalue weighted by molar-refractivity contribution is 0.776. The fraction of sp³-hybridized carbons (Fsp3) is 0.429. The maximum absolute atomic E-state index is 2.53. The Hall–Kier alpha value is -1.87. The highest BCUT2D eigenvalue weighted by molar-refractivity contribution is 5.85. The summed E-state index contributed by atoms with van der Waals surface area (Å²) in [7, 11) is 8.44. The first-order valence-corrected chi connectivity index (χ1v) is 8.89. The Kier molecular flexibility index (Phi) is 6.23. The van der Waals surface area contributed by atoms with Crippen LogP contribution in [-0.4, -0.2) is 34.7 Å². The summed E-state index contributed by atoms with van der Waals surface area (Å²) in [5, 5.41) is 0. The van der Waals surface area contributed by atoms with E-state index in [-0.39, 0.29) is 12.4 Å². The first-order chi connectivity index (χ1) is 11.5. The van der Waals surface area contributed by atoms with Crippen LogP contribution in [0.3, 0.4) is 0 Å². The molecule has 3 nitrogen and oxygen atoms in total. The Morgan fingerprint density at radius 1 is 0.840 bits per heavy atom. The fourth-order valence-electron chi connectivity index (χ4n) is 3.35. The highest BCUT2D eigenvalue weighted by Gasteiger charge is 2.23. The Balaban J connectivity index is 0.00000225. The molecule has 0 radical (unpaired) electrons. The average molecular weight is 360 g/mol. The molecule has 0 saturated heterocycles. The van der Waals surface area contributed by atoms with Crippen LogP contribution >= 0.6 is 12.4 Å². The van der Waals surface area contributed by atoms with Crippen LogP contribution < -0.4 is 14.7 Å². The number of benzene rings is 2. The predicted octanol–water partition coefficient (Wildman–Crippen LogP) is 5.08. The maximum Gasteiger partial charge on any atom is 0.0467 e. The standard InChI is InChI=1S/C21H29N3.ClH/c1-6-7-12-24-20-14-18(22(2)3)10-8-16(20)13-17-9-11-19(23(4)5)15-21(17)24;/h8-11,14-15H,6-7,12-13H2,1-5H3;1H. The van der Waals surface area contributed by atoms with Crippen molar-refractivity contribution < 1.29 is 0 Å². The van der Waals surface area contributed by atoms with Crippen molar-refractivity contribution in [3.05, 3.63) is 47.5 Å². The largest absolute Gasteiger partial charge is 0.378 e. The van der Waals surface area contributed by atoms with Crippen molar-refractivity contribution in [3.8, 4) is 0 Å². The minimum absolute atomic E-state index is 0. The molecule has 2 aromatic carbocycles. The van der Waals surface area contributed by atoms with Gasteiger partial charge in [-0.2, -0.15) is 0 Å². The van der Waals surface area contributed by atoms with E-state index in [0.29, 0.717) is 0 Å². The second-order valence-corrected chi connectivity index (χ2v) is 7.10. The van der Waals surface area contributed by atoms with Crippen molar-refractivity contribution in [1.82, 2.24) is 0 Å². The van der Waals surface area contributed by atoms with Gasteiger partial charge in [0.25, 0.3) is 0 Å². The van der Waals surface area contributed by atoms with Gasteiger partial charge in [-0.05, 0) is 41.8 Å². The normalized spacial score (nSPS) is 12.1. The molecule has 0 amide bonds. The number of hydrogen-bond acceptors (Lipinski definition) is 3. The van der Waals surface area contributed by atoms with Crippen molar-refractivity contribution in [1.29, 1.82) is 0 Å². The molecule has 0 N–H and O–H groups in total. The first kappa shape index (κ1) is 19.5. The smallest absolute Gasteiger partial charge is 0.0467 e. The van der Waals surface area contributed by atoms with Crippen molar-refractivity contribution in [3.63, 3.8) is 0 Å². The van der Waals surface area contributed by atoms with Crippen LogP contribution in [0.4, 0.5) is 22.7 Å². The lowest BCUT2D eigenvalue weighted by atomic mass is 9.94. The fourth-order valence-corrected chi connectivity index (χ4v) is 3.35. The Morgan fingerprint density at radius 3 is 1.72 bits per heavy atom. The zero-order chi connectivity index (χ0) is 17.3. The molecular formula is C21H30ClN3. The zero-order valence-electron chi connectivity index (χ0n) is 16.0. The van der Waals surface area contributed by atoms with Gasteiger partial charge in [0, 0.05) is 63.9 Å². The van der Waals surface area contributed by atoms with Gasteiger partial charge >= 0.3 is 0 Å². The molecule has 0 aromatic heterocycles. The van der Waals surface area contributed by atoms with Gasteiger partial charge < -0.3 is 14.7 Å². The summed E-state index contributed by atoms with van der Waals surface area (Å²) in [5.74, 6) is 0. The molecule has 0 unspecified atom stereocenters. The van der Waals surface area contributed by atoms with E-state index in [2.05, 4.69) is 86.2 Å². The van der Waals surface area contributed by atoms with E-state index in [1.165, 1.54) is 46.7 Å². The van der Waals surface area contributed by atoms with Gasteiger partial charge in [0.2, 0.25) is 0 Å². The molecule has 0 spiro atoms. The summed E-state index contributed by atoms with van der Waals surface area (Å²) in [5.41, 5.74) is 8.14. The molecule has 1 aliphatic rings. The molecule has 2 aromatic rings. The highest BCUT2D eigenvalue weighted by atomic mass is 35.5.